The molecule has 0 unspecified atom stereocenters. The number of halogens is 1. The first-order valence-electron chi connectivity index (χ1n) is 8.98. The average Bonchev–Trinajstić information content (AvgIpc) is 2.91. The number of rotatable bonds is 2. The first kappa shape index (κ1) is 18.8. The van der Waals surface area contributed by atoms with E-state index < -0.39 is 0 Å². The van der Waals surface area contributed by atoms with Crippen molar-refractivity contribution in [3.8, 4) is 0 Å². The molecule has 0 bridgehead atoms. The van der Waals surface area contributed by atoms with E-state index in [-0.39, 0.29) is 11.9 Å². The van der Waals surface area contributed by atoms with Gasteiger partial charge in [-0.05, 0) is 24.6 Å². The number of hydrogen-bond donors (Lipinski definition) is 1. The first-order chi connectivity index (χ1) is 12.5. The highest BCUT2D eigenvalue weighted by atomic mass is 35.5. The lowest BCUT2D eigenvalue weighted by molar-refractivity contribution is -0.128. The van der Waals surface area contributed by atoms with E-state index in [0.29, 0.717) is 50.1 Å². The van der Waals surface area contributed by atoms with E-state index in [9.17, 15) is 9.59 Å². The Morgan fingerprint density at radius 2 is 1.73 bits per heavy atom. The van der Waals surface area contributed by atoms with E-state index in [1.807, 2.05) is 18.2 Å². The average molecular weight is 381 g/mol. The molecule has 2 saturated heterocycles. The third-order valence-electron chi connectivity index (χ3n) is 4.80. The Morgan fingerprint density at radius 1 is 1.04 bits per heavy atom. The van der Waals surface area contributed by atoms with Crippen molar-refractivity contribution < 1.29 is 14.3 Å². The first-order valence-corrected chi connectivity index (χ1v) is 9.36. The largest absolute Gasteiger partial charge is 0.378 e. The molecule has 0 radical (unpaired) electrons. The number of amides is 3. The van der Waals surface area contributed by atoms with Gasteiger partial charge in [0.1, 0.15) is 0 Å². The molecule has 8 heteroatoms. The predicted octanol–water partition coefficient (Wildman–Crippen LogP) is 2.26. The van der Waals surface area contributed by atoms with Crippen LogP contribution < -0.4 is 10.2 Å². The van der Waals surface area contributed by atoms with Crippen molar-refractivity contribution in [3.63, 3.8) is 0 Å². The number of nitrogens with zero attached hydrogens (tertiary/aromatic N) is 3. The molecular weight excluding hydrogens is 356 g/mol. The van der Waals surface area contributed by atoms with Crippen molar-refractivity contribution >= 4 is 34.9 Å². The summed E-state index contributed by atoms with van der Waals surface area (Å²) in [6.45, 7) is 6.99. The monoisotopic (exact) mass is 380 g/mol. The summed E-state index contributed by atoms with van der Waals surface area (Å²) in [4.78, 5) is 29.9. The van der Waals surface area contributed by atoms with Gasteiger partial charge < -0.3 is 24.8 Å². The molecule has 7 nitrogen and oxygen atoms in total. The summed E-state index contributed by atoms with van der Waals surface area (Å²) in [6.07, 6.45) is 0.772. The Balaban J connectivity index is 1.65. The van der Waals surface area contributed by atoms with Gasteiger partial charge in [0, 0.05) is 51.9 Å². The summed E-state index contributed by atoms with van der Waals surface area (Å²) >= 11 is 6.29. The van der Waals surface area contributed by atoms with Gasteiger partial charge in [-0.1, -0.05) is 11.6 Å². The maximum atomic E-state index is 12.7. The quantitative estimate of drug-likeness (QED) is 0.854. The molecule has 0 atom stereocenters. The molecule has 1 aromatic rings. The molecule has 142 valence electrons. The number of benzene rings is 1. The third-order valence-corrected chi connectivity index (χ3v) is 5.13. The van der Waals surface area contributed by atoms with Crippen LogP contribution in [0.4, 0.5) is 16.2 Å². The van der Waals surface area contributed by atoms with Gasteiger partial charge in [0.05, 0.1) is 23.9 Å². The third kappa shape index (κ3) is 4.59. The van der Waals surface area contributed by atoms with Gasteiger partial charge in [-0.3, -0.25) is 4.79 Å². The van der Waals surface area contributed by atoms with Crippen LogP contribution >= 0.6 is 11.6 Å². The molecule has 0 saturated carbocycles. The Morgan fingerprint density at radius 3 is 2.46 bits per heavy atom. The van der Waals surface area contributed by atoms with Crippen LogP contribution in [0.2, 0.25) is 5.02 Å². The second-order valence-corrected chi connectivity index (χ2v) is 6.95. The highest BCUT2D eigenvalue weighted by Crippen LogP contribution is 2.28. The van der Waals surface area contributed by atoms with Crippen LogP contribution in [-0.4, -0.2) is 74.2 Å². The Hall–Kier alpha value is -1.99. The summed E-state index contributed by atoms with van der Waals surface area (Å²) in [5.41, 5.74) is 1.62. The number of nitrogens with one attached hydrogen (secondary N) is 1. The molecule has 2 aliphatic rings. The van der Waals surface area contributed by atoms with Crippen LogP contribution in [0, 0.1) is 0 Å². The van der Waals surface area contributed by atoms with E-state index in [0.717, 1.165) is 25.2 Å². The lowest BCUT2D eigenvalue weighted by Gasteiger charge is -2.29. The van der Waals surface area contributed by atoms with E-state index in [1.165, 1.54) is 0 Å². The topological polar surface area (TPSA) is 65.1 Å². The molecule has 26 heavy (non-hydrogen) atoms. The fourth-order valence-electron chi connectivity index (χ4n) is 3.26. The van der Waals surface area contributed by atoms with Crippen molar-refractivity contribution in [1.82, 2.24) is 9.80 Å². The second-order valence-electron chi connectivity index (χ2n) is 6.54. The lowest BCUT2D eigenvalue weighted by Crippen LogP contribution is -2.39. The Labute approximate surface area is 158 Å². The van der Waals surface area contributed by atoms with Crippen LogP contribution in [0.25, 0.3) is 0 Å². The van der Waals surface area contributed by atoms with Gasteiger partial charge >= 0.3 is 6.03 Å². The molecule has 2 heterocycles. The van der Waals surface area contributed by atoms with Gasteiger partial charge in [-0.2, -0.15) is 0 Å². The van der Waals surface area contributed by atoms with Gasteiger partial charge in [-0.25, -0.2) is 4.79 Å². The lowest BCUT2D eigenvalue weighted by atomic mass is 10.2. The smallest absolute Gasteiger partial charge is 0.321 e. The zero-order valence-corrected chi connectivity index (χ0v) is 15.8. The Kier molecular flexibility index (Phi) is 6.21. The summed E-state index contributed by atoms with van der Waals surface area (Å²) in [7, 11) is 0. The molecule has 3 amide bonds. The van der Waals surface area contributed by atoms with E-state index >= 15 is 0 Å². The van der Waals surface area contributed by atoms with Gasteiger partial charge in [0.2, 0.25) is 5.91 Å². The summed E-state index contributed by atoms with van der Waals surface area (Å²) in [6, 6.07) is 5.49. The van der Waals surface area contributed by atoms with Crippen LogP contribution in [0.15, 0.2) is 18.2 Å². The molecule has 0 spiro atoms. The minimum Gasteiger partial charge on any atom is -0.378 e. The summed E-state index contributed by atoms with van der Waals surface area (Å²) in [5.74, 6) is 0.0496. The van der Waals surface area contributed by atoms with Crippen LogP contribution in [-0.2, 0) is 9.53 Å². The zero-order valence-electron chi connectivity index (χ0n) is 15.0. The van der Waals surface area contributed by atoms with E-state index in [2.05, 4.69) is 10.2 Å². The fraction of sp³-hybridized carbons (Fsp3) is 0.556. The molecule has 1 aromatic carbocycles. The van der Waals surface area contributed by atoms with Crippen LogP contribution in [0.3, 0.4) is 0 Å². The number of carbonyl (C=O) groups excluding carboxylic acids is 2. The standard InChI is InChI=1S/C18H25ClN4O3/c1-14(24)21-5-2-6-23(8-7-21)18(25)20-17-13-15(3-4-16(17)19)22-9-11-26-12-10-22/h3-4,13H,2,5-12H2,1H3,(H,20,25). The molecular formula is C18H25ClN4O3. The number of anilines is 2. The maximum absolute atomic E-state index is 12.7. The molecule has 2 fully saturated rings. The Bertz CT molecular complexity index is 664. The maximum Gasteiger partial charge on any atom is 0.321 e. The van der Waals surface area contributed by atoms with Crippen molar-refractivity contribution in [2.45, 2.75) is 13.3 Å². The van der Waals surface area contributed by atoms with Crippen molar-refractivity contribution in [1.29, 1.82) is 0 Å². The normalized spacial score (nSPS) is 18.5. The van der Waals surface area contributed by atoms with E-state index in [4.69, 9.17) is 16.3 Å². The predicted molar refractivity (Wildman–Crippen MR) is 102 cm³/mol. The summed E-state index contributed by atoms with van der Waals surface area (Å²) in [5, 5.41) is 3.43. The minimum absolute atomic E-state index is 0.0496. The molecule has 0 aliphatic carbocycles. The van der Waals surface area contributed by atoms with Crippen LogP contribution in [0.5, 0.6) is 0 Å². The molecule has 1 N–H and O–H groups in total. The SMILES string of the molecule is CC(=O)N1CCCN(C(=O)Nc2cc(N3CCOCC3)ccc2Cl)CC1. The minimum atomic E-state index is -0.184. The van der Waals surface area contributed by atoms with Crippen molar-refractivity contribution in [3.05, 3.63) is 23.2 Å². The fourth-order valence-corrected chi connectivity index (χ4v) is 3.42. The van der Waals surface area contributed by atoms with Gasteiger partial charge in [-0.15, -0.1) is 0 Å². The molecule has 0 aromatic heterocycles. The number of hydrogen-bond acceptors (Lipinski definition) is 4. The highest BCUT2D eigenvalue weighted by molar-refractivity contribution is 6.33. The van der Waals surface area contributed by atoms with Crippen molar-refractivity contribution in [2.75, 3.05) is 62.7 Å². The zero-order chi connectivity index (χ0) is 18.5. The highest BCUT2D eigenvalue weighted by Gasteiger charge is 2.21. The van der Waals surface area contributed by atoms with Gasteiger partial charge in [0.15, 0.2) is 0 Å². The molecule has 3 rings (SSSR count). The van der Waals surface area contributed by atoms with Gasteiger partial charge in [0.25, 0.3) is 0 Å². The van der Waals surface area contributed by atoms with E-state index in [1.54, 1.807) is 16.7 Å². The number of urea groups is 1. The number of carbonyl (C=O) groups is 2. The second kappa shape index (κ2) is 8.60. The number of ether oxygens (including phenoxy) is 1. The van der Waals surface area contributed by atoms with Crippen LogP contribution in [0.1, 0.15) is 13.3 Å². The van der Waals surface area contributed by atoms with Crippen molar-refractivity contribution in [2.24, 2.45) is 0 Å². The number of morpholine rings is 1. The molecule has 2 aliphatic heterocycles. The summed E-state index contributed by atoms with van der Waals surface area (Å²) < 4.78 is 5.38.